The van der Waals surface area contributed by atoms with Crippen molar-refractivity contribution >= 4 is 17.8 Å². The Hall–Kier alpha value is -2.01. The number of amides is 2. The number of ether oxygens (including phenoxy) is 1. The van der Waals surface area contributed by atoms with Crippen molar-refractivity contribution in [2.75, 3.05) is 14.1 Å². The van der Waals surface area contributed by atoms with E-state index in [-0.39, 0.29) is 6.42 Å². The summed E-state index contributed by atoms with van der Waals surface area (Å²) in [4.78, 5) is 34.6. The summed E-state index contributed by atoms with van der Waals surface area (Å²) in [5, 5.41) is 0. The molecular formula is C13H18NO4+. The van der Waals surface area contributed by atoms with Crippen molar-refractivity contribution in [1.29, 1.82) is 0 Å². The van der Waals surface area contributed by atoms with Gasteiger partial charge in [-0.15, -0.1) is 0 Å². The number of hydrogen-bond donors (Lipinski definition) is 0. The van der Waals surface area contributed by atoms with Crippen LogP contribution >= 0.6 is 0 Å². The van der Waals surface area contributed by atoms with Gasteiger partial charge in [-0.3, -0.25) is 4.79 Å². The summed E-state index contributed by atoms with van der Waals surface area (Å²) in [6.45, 7) is 8.13. The van der Waals surface area contributed by atoms with E-state index in [1.54, 1.807) is 6.92 Å². The minimum absolute atomic E-state index is 0.0497. The monoisotopic (exact) mass is 252 g/mol. The van der Waals surface area contributed by atoms with Gasteiger partial charge in [0.2, 0.25) is 0 Å². The van der Waals surface area contributed by atoms with E-state index >= 15 is 0 Å². The molecule has 5 nitrogen and oxygen atoms in total. The number of likely N-dealkylation sites (N-methyl/N-ethyl adjacent to an activating group) is 1. The number of quaternary nitrogens is 1. The minimum atomic E-state index is -0.516. The molecule has 2 amide bonds. The second-order valence-electron chi connectivity index (χ2n) is 4.05. The molecule has 0 N–H and O–H groups in total. The first kappa shape index (κ1) is 16.0. The molecule has 0 rings (SSSR count). The number of nitrogens with zero attached hydrogens (tertiary/aromatic N) is 1. The van der Waals surface area contributed by atoms with E-state index in [2.05, 4.69) is 17.9 Å². The largest absolute Gasteiger partial charge is 0.435 e. The second-order valence-corrected chi connectivity index (χ2v) is 4.05. The lowest BCUT2D eigenvalue weighted by molar-refractivity contribution is -0.730. The highest BCUT2D eigenvalue weighted by molar-refractivity contribution is 5.98. The van der Waals surface area contributed by atoms with Crippen molar-refractivity contribution in [1.82, 2.24) is 0 Å². The van der Waals surface area contributed by atoms with Crippen molar-refractivity contribution in [3.8, 4) is 0 Å². The average molecular weight is 252 g/mol. The summed E-state index contributed by atoms with van der Waals surface area (Å²) in [5.74, 6) is -1.33. The van der Waals surface area contributed by atoms with Crippen LogP contribution in [0.5, 0.6) is 0 Å². The Bertz CT molecular complexity index is 419. The molecule has 0 atom stereocenters. The average Bonchev–Trinajstić information content (AvgIpc) is 2.34. The lowest BCUT2D eigenvalue weighted by atomic mass is 10.2. The maximum Gasteiger partial charge on any atom is 0.348 e. The van der Waals surface area contributed by atoms with Crippen LogP contribution in [0.3, 0.4) is 0 Å². The highest BCUT2D eigenvalue weighted by atomic mass is 16.5. The molecule has 0 saturated carbocycles. The summed E-state index contributed by atoms with van der Waals surface area (Å²) in [6, 6.07) is 0. The molecule has 0 fully saturated rings. The first-order valence-electron chi connectivity index (χ1n) is 5.30. The zero-order valence-corrected chi connectivity index (χ0v) is 10.9. The number of hydrogen-bond acceptors (Lipinski definition) is 4. The second kappa shape index (κ2) is 6.66. The molecule has 0 aromatic heterocycles. The lowest BCUT2D eigenvalue weighted by Gasteiger charge is -2.22. The number of imide groups is 1. The van der Waals surface area contributed by atoms with Crippen LogP contribution < -0.4 is 0 Å². The van der Waals surface area contributed by atoms with Gasteiger partial charge in [-0.1, -0.05) is 19.2 Å². The van der Waals surface area contributed by atoms with Crippen LogP contribution in [0.2, 0.25) is 0 Å². The first-order valence-corrected chi connectivity index (χ1v) is 5.30. The molecule has 0 aliphatic heterocycles. The normalized spacial score (nSPS) is 11.6. The van der Waals surface area contributed by atoms with Crippen LogP contribution in [-0.2, 0) is 19.1 Å². The van der Waals surface area contributed by atoms with Gasteiger partial charge >= 0.3 is 17.8 Å². The Labute approximate surface area is 107 Å². The fourth-order valence-electron chi connectivity index (χ4n) is 1.23. The van der Waals surface area contributed by atoms with E-state index in [1.807, 2.05) is 0 Å². The van der Waals surface area contributed by atoms with Gasteiger partial charge in [0.1, 0.15) is 0 Å². The molecule has 0 aromatic rings. The van der Waals surface area contributed by atoms with Gasteiger partial charge in [0.15, 0.2) is 0 Å². The van der Waals surface area contributed by atoms with Gasteiger partial charge in [-0.2, -0.15) is 4.48 Å². The van der Waals surface area contributed by atoms with Crippen LogP contribution in [0.25, 0.3) is 0 Å². The third-order valence-corrected chi connectivity index (χ3v) is 2.36. The molecule has 0 aliphatic rings. The summed E-state index contributed by atoms with van der Waals surface area (Å²) < 4.78 is 4.04. The summed E-state index contributed by atoms with van der Waals surface area (Å²) in [6.07, 6.45) is 3.49. The van der Waals surface area contributed by atoms with Crippen molar-refractivity contribution in [2.45, 2.75) is 13.3 Å². The summed E-state index contributed by atoms with van der Waals surface area (Å²) in [7, 11) is 2.93. The summed E-state index contributed by atoms with van der Waals surface area (Å²) in [5.41, 5.74) is 0.316. The van der Waals surface area contributed by atoms with E-state index < -0.39 is 22.3 Å². The molecule has 0 aromatic carbocycles. The standard InChI is InChI=1S/C13H18NO4/c1-6-11(15)14(4,5)13(17)10(3)8-9-12(16)18-7-2/h6-8H,1-2,9H2,3-5H3/q+1. The van der Waals surface area contributed by atoms with E-state index in [9.17, 15) is 14.4 Å². The predicted octanol–water partition coefficient (Wildman–Crippen LogP) is 1.33. The molecule has 0 saturated heterocycles. The molecule has 0 unspecified atom stereocenters. The predicted molar refractivity (Wildman–Crippen MR) is 67.0 cm³/mol. The zero-order chi connectivity index (χ0) is 14.3. The molecule has 0 bridgehead atoms. The van der Waals surface area contributed by atoms with Gasteiger partial charge in [0.25, 0.3) is 0 Å². The van der Waals surface area contributed by atoms with Crippen molar-refractivity contribution in [3.05, 3.63) is 37.1 Å². The minimum Gasteiger partial charge on any atom is -0.435 e. The highest BCUT2D eigenvalue weighted by Gasteiger charge is 2.34. The van der Waals surface area contributed by atoms with E-state index in [4.69, 9.17) is 0 Å². The molecule has 0 aliphatic carbocycles. The Morgan fingerprint density at radius 2 is 1.78 bits per heavy atom. The molecular weight excluding hydrogens is 234 g/mol. The van der Waals surface area contributed by atoms with Crippen LogP contribution in [-0.4, -0.2) is 36.4 Å². The Kier molecular flexibility index (Phi) is 5.92. The fourth-order valence-corrected chi connectivity index (χ4v) is 1.23. The molecule has 0 radical (unpaired) electrons. The number of rotatable bonds is 5. The van der Waals surface area contributed by atoms with E-state index in [0.29, 0.717) is 5.57 Å². The van der Waals surface area contributed by atoms with Crippen molar-refractivity contribution in [3.63, 3.8) is 0 Å². The Morgan fingerprint density at radius 1 is 1.22 bits per heavy atom. The molecule has 0 spiro atoms. The van der Waals surface area contributed by atoms with Crippen molar-refractivity contribution < 1.29 is 23.6 Å². The number of carbonyl (C=O) groups is 3. The van der Waals surface area contributed by atoms with Gasteiger partial charge in [0, 0.05) is 6.08 Å². The third-order valence-electron chi connectivity index (χ3n) is 2.36. The highest BCUT2D eigenvalue weighted by Crippen LogP contribution is 2.09. The van der Waals surface area contributed by atoms with Crippen LogP contribution in [0.15, 0.2) is 37.1 Å². The number of esters is 1. The zero-order valence-electron chi connectivity index (χ0n) is 10.9. The van der Waals surface area contributed by atoms with E-state index in [0.717, 1.165) is 12.3 Å². The topological polar surface area (TPSA) is 60.4 Å². The number of carbonyl (C=O) groups excluding carboxylic acids is 3. The van der Waals surface area contributed by atoms with E-state index in [1.165, 1.54) is 20.2 Å². The van der Waals surface area contributed by atoms with Crippen molar-refractivity contribution in [2.24, 2.45) is 0 Å². The van der Waals surface area contributed by atoms with Gasteiger partial charge in [0.05, 0.1) is 32.4 Å². The third kappa shape index (κ3) is 4.10. The Balaban J connectivity index is 4.83. The molecule has 5 heteroatoms. The van der Waals surface area contributed by atoms with Crippen LogP contribution in [0.1, 0.15) is 13.3 Å². The molecule has 98 valence electrons. The maximum atomic E-state index is 12.0. The molecule has 0 heterocycles. The lowest BCUT2D eigenvalue weighted by Crippen LogP contribution is -2.50. The quantitative estimate of drug-likeness (QED) is 0.320. The van der Waals surface area contributed by atoms with Gasteiger partial charge in [-0.05, 0) is 6.92 Å². The SMILES string of the molecule is C=COC(=O)CC=C(C)C(=O)[N+](C)(C)C(=O)C=C. The van der Waals surface area contributed by atoms with Gasteiger partial charge < -0.3 is 4.74 Å². The summed E-state index contributed by atoms with van der Waals surface area (Å²) >= 11 is 0. The first-order chi connectivity index (χ1) is 8.27. The Morgan fingerprint density at radius 3 is 2.22 bits per heavy atom. The van der Waals surface area contributed by atoms with Gasteiger partial charge in [-0.25, -0.2) is 9.59 Å². The molecule has 18 heavy (non-hydrogen) atoms. The van der Waals surface area contributed by atoms with Crippen LogP contribution in [0, 0.1) is 0 Å². The van der Waals surface area contributed by atoms with Crippen LogP contribution in [0.4, 0.5) is 0 Å². The fraction of sp³-hybridized carbons (Fsp3) is 0.308. The maximum absolute atomic E-state index is 12.0. The smallest absolute Gasteiger partial charge is 0.348 e.